The first-order chi connectivity index (χ1) is 21.4. The maximum atomic E-state index is 14.1. The van der Waals surface area contributed by atoms with E-state index in [1.54, 1.807) is 36.1 Å². The molecule has 1 amide bonds. The molecule has 0 unspecified atom stereocenters. The minimum atomic E-state index is -0.335. The zero-order chi connectivity index (χ0) is 30.6. The first-order valence-electron chi connectivity index (χ1n) is 15.2. The fourth-order valence-corrected chi connectivity index (χ4v) is 6.02. The highest BCUT2D eigenvalue weighted by atomic mass is 16.5. The molecule has 2 aromatic carbocycles. The molecular weight excluding hydrogens is 556 g/mol. The third-order valence-corrected chi connectivity index (χ3v) is 8.47. The van der Waals surface area contributed by atoms with Crippen LogP contribution in [0.5, 0.6) is 5.75 Å². The van der Waals surface area contributed by atoms with Crippen molar-refractivity contribution in [1.29, 1.82) is 0 Å². The van der Waals surface area contributed by atoms with Crippen LogP contribution in [0.1, 0.15) is 43.7 Å². The van der Waals surface area contributed by atoms with Gasteiger partial charge in [0.15, 0.2) is 5.65 Å². The van der Waals surface area contributed by atoms with Crippen molar-refractivity contribution in [2.75, 3.05) is 55.9 Å². The number of rotatable bonds is 8. The normalized spacial score (nSPS) is 16.1. The molecule has 4 aromatic rings. The Morgan fingerprint density at radius 3 is 2.57 bits per heavy atom. The van der Waals surface area contributed by atoms with Gasteiger partial charge in [-0.2, -0.15) is 4.98 Å². The molecule has 11 heteroatoms. The molecule has 3 heterocycles. The Kier molecular flexibility index (Phi) is 8.56. The van der Waals surface area contributed by atoms with Crippen molar-refractivity contribution < 1.29 is 9.53 Å². The predicted molar refractivity (Wildman–Crippen MR) is 174 cm³/mol. The summed E-state index contributed by atoms with van der Waals surface area (Å²) in [6.07, 6.45) is 8.02. The summed E-state index contributed by atoms with van der Waals surface area (Å²) in [7, 11) is 3.78. The summed E-state index contributed by atoms with van der Waals surface area (Å²) in [6, 6.07) is 13.2. The summed E-state index contributed by atoms with van der Waals surface area (Å²) < 4.78 is 7.32. The summed E-state index contributed by atoms with van der Waals surface area (Å²) in [5, 5.41) is 6.07. The average Bonchev–Trinajstić information content (AvgIpc) is 3.05. The Morgan fingerprint density at radius 2 is 1.82 bits per heavy atom. The topological polar surface area (TPSA) is 118 Å². The standard InChI is InChI=1S/C33H38N8O3/c1-4-29(42)35-23-11-8-12-25(19-23)41-31-27(36-30(32(41)43)22-9-6-5-7-10-22)21-34-33(38-31)37-26-14-13-24(20-28(26)44-3)40-17-15-39(2)16-18-40/h4,8,11-14,19-22H,1,5-7,9-10,15-18H2,2-3H3,(H,35,42)(H,34,37,38). The molecule has 0 radical (unpaired) electrons. The van der Waals surface area contributed by atoms with E-state index in [1.165, 1.54) is 12.5 Å². The summed E-state index contributed by atoms with van der Waals surface area (Å²) in [6.45, 7) is 7.45. The van der Waals surface area contributed by atoms with E-state index in [0.717, 1.165) is 57.5 Å². The van der Waals surface area contributed by atoms with Gasteiger partial charge in [0.05, 0.1) is 24.7 Å². The first kappa shape index (κ1) is 29.3. The molecule has 1 saturated heterocycles. The highest BCUT2D eigenvalue weighted by Gasteiger charge is 2.24. The maximum absolute atomic E-state index is 14.1. The van der Waals surface area contributed by atoms with Gasteiger partial charge in [-0.15, -0.1) is 0 Å². The van der Waals surface area contributed by atoms with Crippen LogP contribution >= 0.6 is 0 Å². The number of piperazine rings is 1. The largest absolute Gasteiger partial charge is 0.494 e. The number of nitrogens with zero attached hydrogens (tertiary/aromatic N) is 6. The van der Waals surface area contributed by atoms with Gasteiger partial charge in [-0.25, -0.2) is 9.97 Å². The smallest absolute Gasteiger partial charge is 0.278 e. The van der Waals surface area contributed by atoms with E-state index in [0.29, 0.717) is 45.6 Å². The third-order valence-electron chi connectivity index (χ3n) is 8.47. The number of methoxy groups -OCH3 is 1. The molecule has 0 bridgehead atoms. The Morgan fingerprint density at radius 1 is 1.02 bits per heavy atom. The molecule has 228 valence electrons. The van der Waals surface area contributed by atoms with E-state index in [-0.39, 0.29) is 17.4 Å². The number of anilines is 4. The van der Waals surface area contributed by atoms with Gasteiger partial charge in [-0.05, 0) is 56.3 Å². The van der Waals surface area contributed by atoms with Crippen molar-refractivity contribution in [3.63, 3.8) is 0 Å². The van der Waals surface area contributed by atoms with Crippen LogP contribution in [-0.2, 0) is 4.79 Å². The van der Waals surface area contributed by atoms with E-state index in [1.807, 2.05) is 18.2 Å². The number of carbonyl (C=O) groups is 1. The highest BCUT2D eigenvalue weighted by Crippen LogP contribution is 2.33. The second-order valence-corrected chi connectivity index (χ2v) is 11.4. The van der Waals surface area contributed by atoms with Crippen molar-refractivity contribution in [2.45, 2.75) is 38.0 Å². The van der Waals surface area contributed by atoms with Crippen LogP contribution in [0.25, 0.3) is 16.9 Å². The molecule has 11 nitrogen and oxygen atoms in total. The van der Waals surface area contributed by atoms with Crippen LogP contribution in [0, 0.1) is 0 Å². The van der Waals surface area contributed by atoms with Gasteiger partial charge in [0.2, 0.25) is 11.9 Å². The third kappa shape index (κ3) is 6.14. The lowest BCUT2D eigenvalue weighted by Crippen LogP contribution is -2.44. The summed E-state index contributed by atoms with van der Waals surface area (Å²) >= 11 is 0. The van der Waals surface area contributed by atoms with Gasteiger partial charge in [0, 0.05) is 49.5 Å². The van der Waals surface area contributed by atoms with E-state index < -0.39 is 0 Å². The molecule has 0 atom stereocenters. The Labute approximate surface area is 256 Å². The van der Waals surface area contributed by atoms with Gasteiger partial charge in [0.1, 0.15) is 17.0 Å². The second kappa shape index (κ2) is 12.8. The van der Waals surface area contributed by atoms with Crippen LogP contribution in [0.3, 0.4) is 0 Å². The molecule has 2 aliphatic rings. The Hall–Kier alpha value is -4.77. The number of fused-ring (bicyclic) bond motifs is 1. The van der Waals surface area contributed by atoms with Gasteiger partial charge in [0.25, 0.3) is 5.56 Å². The predicted octanol–water partition coefficient (Wildman–Crippen LogP) is 4.85. The summed E-state index contributed by atoms with van der Waals surface area (Å²) in [5.41, 5.74) is 4.12. The van der Waals surface area contributed by atoms with Gasteiger partial charge in [-0.3, -0.25) is 14.2 Å². The zero-order valence-electron chi connectivity index (χ0n) is 25.3. The lowest BCUT2D eigenvalue weighted by Gasteiger charge is -2.34. The Balaban J connectivity index is 1.40. The molecule has 44 heavy (non-hydrogen) atoms. The number of nitrogens with one attached hydrogen (secondary N) is 2. The minimum absolute atomic E-state index is 0.0800. The second-order valence-electron chi connectivity index (χ2n) is 11.4. The van der Waals surface area contributed by atoms with Crippen LogP contribution < -0.4 is 25.8 Å². The number of benzene rings is 2. The molecule has 1 saturated carbocycles. The quantitative estimate of drug-likeness (QED) is 0.276. The maximum Gasteiger partial charge on any atom is 0.278 e. The van der Waals surface area contributed by atoms with Crippen molar-refractivity contribution in [3.8, 4) is 11.4 Å². The molecule has 6 rings (SSSR count). The molecule has 1 aliphatic heterocycles. The number of amides is 1. The van der Waals surface area contributed by atoms with Crippen molar-refractivity contribution in [2.24, 2.45) is 0 Å². The number of aromatic nitrogens is 4. The molecule has 2 N–H and O–H groups in total. The lowest BCUT2D eigenvalue weighted by atomic mass is 9.87. The summed E-state index contributed by atoms with van der Waals surface area (Å²) in [4.78, 5) is 45.0. The molecule has 2 fully saturated rings. The van der Waals surface area contributed by atoms with E-state index in [9.17, 15) is 9.59 Å². The average molecular weight is 595 g/mol. The van der Waals surface area contributed by atoms with Crippen LogP contribution in [0.4, 0.5) is 23.0 Å². The minimum Gasteiger partial charge on any atom is -0.494 e. The summed E-state index contributed by atoms with van der Waals surface area (Å²) in [5.74, 6) is 0.716. The Bertz CT molecular complexity index is 1740. The van der Waals surface area contributed by atoms with E-state index >= 15 is 0 Å². The number of carbonyl (C=O) groups excluding carboxylic acids is 1. The fraction of sp³-hybridized carbons (Fsp3) is 0.364. The van der Waals surface area contributed by atoms with Crippen LogP contribution in [0.15, 0.2) is 66.1 Å². The zero-order valence-corrected chi connectivity index (χ0v) is 25.3. The highest BCUT2D eigenvalue weighted by molar-refractivity contribution is 5.99. The number of hydrogen-bond acceptors (Lipinski definition) is 9. The fourth-order valence-electron chi connectivity index (χ4n) is 6.02. The van der Waals surface area contributed by atoms with Crippen molar-refractivity contribution in [1.82, 2.24) is 24.4 Å². The van der Waals surface area contributed by atoms with Crippen molar-refractivity contribution in [3.05, 3.63) is 77.4 Å². The molecular formula is C33H38N8O3. The monoisotopic (exact) mass is 594 g/mol. The first-order valence-corrected chi connectivity index (χ1v) is 15.2. The number of hydrogen-bond donors (Lipinski definition) is 2. The van der Waals surface area contributed by atoms with Gasteiger partial charge < -0.3 is 25.2 Å². The SMILES string of the molecule is C=CC(=O)Nc1cccc(-n2c(=O)c(C3CCCCC3)nc3cnc(Nc4ccc(N5CCN(C)CC5)cc4OC)nc32)c1. The van der Waals surface area contributed by atoms with Crippen LogP contribution in [0.2, 0.25) is 0 Å². The molecule has 2 aromatic heterocycles. The number of likely N-dealkylation sites (N-methyl/N-ethyl adjacent to an activating group) is 1. The van der Waals surface area contributed by atoms with Gasteiger partial charge >= 0.3 is 0 Å². The lowest BCUT2D eigenvalue weighted by molar-refractivity contribution is -0.111. The molecule has 1 aliphatic carbocycles. The van der Waals surface area contributed by atoms with E-state index in [2.05, 4.69) is 45.1 Å². The van der Waals surface area contributed by atoms with Gasteiger partial charge in [-0.1, -0.05) is 31.9 Å². The van der Waals surface area contributed by atoms with E-state index in [4.69, 9.17) is 14.7 Å². The molecule has 0 spiro atoms. The number of ether oxygens (including phenoxy) is 1. The van der Waals surface area contributed by atoms with Crippen molar-refractivity contribution >= 4 is 40.1 Å². The van der Waals surface area contributed by atoms with Crippen LogP contribution in [-0.4, -0.2) is 70.7 Å².